The van der Waals surface area contributed by atoms with Crippen molar-refractivity contribution in [2.45, 2.75) is 86.4 Å². The molecular formula is C67H80F4N2O14P2Pd. The van der Waals surface area contributed by atoms with Gasteiger partial charge >= 0.3 is 17.9 Å². The first kappa shape index (κ1) is 82.3. The zero-order chi connectivity index (χ0) is 65.8. The Morgan fingerprint density at radius 1 is 0.611 bits per heavy atom. The number of hydrogen-bond donors (Lipinski definition) is 5. The molecule has 490 valence electrons. The SMILES string of the molecule is C.C=CC1(c2cccc(F)c2F)CO1.CC(=O)O.CC(=O)O.CCOC(=O)C(C)(C/C=C(\CO)c1cccc(F)c1F)NC(C)=O.CCOC(=O)C(NC(C)=O)C(=O)OCC.[Pd].c1ccc(P(CCP(c2ccccc2)c2ccccc2)c2ccccc2)cc1. The molecule has 1 saturated heterocycles. The van der Waals surface area contributed by atoms with E-state index in [4.69, 9.17) is 29.3 Å². The van der Waals surface area contributed by atoms with Crippen LogP contribution in [0.2, 0.25) is 0 Å². The van der Waals surface area contributed by atoms with Crippen molar-refractivity contribution in [2.24, 2.45) is 0 Å². The van der Waals surface area contributed by atoms with E-state index in [1.54, 1.807) is 20.8 Å². The van der Waals surface area contributed by atoms with Crippen LogP contribution in [0, 0.1) is 23.3 Å². The van der Waals surface area contributed by atoms with Gasteiger partial charge in [-0.2, -0.15) is 0 Å². The molecular weight excluding hydrogens is 1300 g/mol. The van der Waals surface area contributed by atoms with Crippen LogP contribution in [0.15, 0.2) is 176 Å². The molecule has 6 aromatic carbocycles. The minimum atomic E-state index is -1.38. The normalized spacial score (nSPS) is 13.0. The van der Waals surface area contributed by atoms with Crippen molar-refractivity contribution in [3.63, 3.8) is 0 Å². The van der Waals surface area contributed by atoms with Crippen molar-refractivity contribution in [1.29, 1.82) is 0 Å². The molecule has 0 aliphatic carbocycles. The maximum Gasteiger partial charge on any atom is 0.340 e. The summed E-state index contributed by atoms with van der Waals surface area (Å²) >= 11 is 0. The number of amides is 2. The summed E-state index contributed by atoms with van der Waals surface area (Å²) in [5.74, 6) is -8.72. The van der Waals surface area contributed by atoms with E-state index in [-0.39, 0.29) is 86.6 Å². The molecule has 23 heteroatoms. The van der Waals surface area contributed by atoms with E-state index in [1.165, 1.54) is 90.7 Å². The van der Waals surface area contributed by atoms with E-state index in [0.717, 1.165) is 26.0 Å². The van der Waals surface area contributed by atoms with Crippen molar-refractivity contribution in [1.82, 2.24) is 10.6 Å². The topological polar surface area (TPSA) is 244 Å². The Balaban J connectivity index is 0.00000116. The second kappa shape index (κ2) is 43.8. The number of ether oxygens (including phenoxy) is 4. The van der Waals surface area contributed by atoms with Crippen LogP contribution in [0.25, 0.3) is 5.57 Å². The van der Waals surface area contributed by atoms with Crippen LogP contribution in [-0.4, -0.2) is 114 Å². The summed E-state index contributed by atoms with van der Waals surface area (Å²) in [7, 11) is -0.696. The number of epoxide rings is 1. The quantitative estimate of drug-likeness (QED) is 0.00658. The molecule has 2 amide bonds. The molecule has 16 nitrogen and oxygen atoms in total. The molecule has 0 bridgehead atoms. The fraction of sp³-hybridized carbons (Fsp3) is 0.299. The van der Waals surface area contributed by atoms with Gasteiger partial charge in [0.25, 0.3) is 11.9 Å². The standard InChI is InChI=1S/C26H24P2.C17H21F2NO4.C10H8F2O.C9H15NO5.2C2H4O2.CH4.Pd/c1-5-13-23(14-6-1)27(24-15-7-2-8-16-24)21-22-28(25-17-9-3-10-18-25)26-19-11-4-12-20-26;1-4-24-16(23)17(3,20-11(2)22)9-8-12(10-21)13-6-5-7-14(18)15(13)19;1-2-10(6-13-10)7-4-3-5-8(11)9(7)12;1-4-14-8(12)7(10-6(3)11)9(13)15-5-2;2*1-2(3)4;;/h1-20H,21-22H2;5-8,21H,4,9-10H2,1-3H3,(H,20,22);2-5H,1,6H2;7H,4-5H2,1-3H3,(H,10,11);2*1H3,(H,3,4);1H4;/b;12-8+;;;;;;. The van der Waals surface area contributed by atoms with Crippen molar-refractivity contribution < 1.29 is 106 Å². The van der Waals surface area contributed by atoms with Crippen LogP contribution < -0.4 is 31.9 Å². The van der Waals surface area contributed by atoms with E-state index in [2.05, 4.69) is 148 Å². The summed E-state index contributed by atoms with van der Waals surface area (Å²) in [6.45, 7) is 14.7. The number of hydrogen-bond acceptors (Lipinski definition) is 12. The Morgan fingerprint density at radius 3 is 1.30 bits per heavy atom. The third kappa shape index (κ3) is 29.3. The summed E-state index contributed by atoms with van der Waals surface area (Å²) in [5, 5.41) is 34.8. The third-order valence-corrected chi connectivity index (χ3v) is 17.2. The summed E-state index contributed by atoms with van der Waals surface area (Å²) < 4.78 is 72.4. The zero-order valence-corrected chi connectivity index (χ0v) is 54.0. The van der Waals surface area contributed by atoms with Gasteiger partial charge in [0.05, 0.1) is 33.0 Å². The Kier molecular flexibility index (Phi) is 40.1. The van der Waals surface area contributed by atoms with Crippen molar-refractivity contribution in [2.75, 3.05) is 45.4 Å². The van der Waals surface area contributed by atoms with Gasteiger partial charge < -0.3 is 44.9 Å². The van der Waals surface area contributed by atoms with Gasteiger partial charge in [0.2, 0.25) is 17.9 Å². The molecule has 7 rings (SSSR count). The summed E-state index contributed by atoms with van der Waals surface area (Å²) in [4.78, 5) is 74.7. The van der Waals surface area contributed by atoms with E-state index >= 15 is 0 Å². The van der Waals surface area contributed by atoms with Gasteiger partial charge in [-0.15, -0.1) is 0 Å². The largest absolute Gasteiger partial charge is 0.481 e. The number of carboxylic acids is 2. The summed E-state index contributed by atoms with van der Waals surface area (Å²) in [6, 6.07) is 50.5. The Bertz CT molecular complexity index is 3010. The van der Waals surface area contributed by atoms with Crippen LogP contribution in [0.5, 0.6) is 0 Å². The number of rotatable bonds is 21. The van der Waals surface area contributed by atoms with Gasteiger partial charge in [-0.05, 0) is 101 Å². The molecule has 1 aliphatic rings. The minimum absolute atomic E-state index is 0. The number of benzene rings is 6. The molecule has 2 atom stereocenters. The molecule has 6 aromatic rings. The third-order valence-electron chi connectivity index (χ3n) is 11.8. The molecule has 0 aromatic heterocycles. The second-order valence-electron chi connectivity index (χ2n) is 18.7. The van der Waals surface area contributed by atoms with Gasteiger partial charge in [-0.3, -0.25) is 19.2 Å². The molecule has 0 spiro atoms. The predicted molar refractivity (Wildman–Crippen MR) is 341 cm³/mol. The number of halogens is 4. The van der Waals surface area contributed by atoms with Crippen LogP contribution in [-0.2, 0) is 78.5 Å². The zero-order valence-electron chi connectivity index (χ0n) is 50.7. The number of carbonyl (C=O) groups is 7. The van der Waals surface area contributed by atoms with Crippen molar-refractivity contribution in [3.05, 3.63) is 211 Å². The Morgan fingerprint density at radius 2 is 0.978 bits per heavy atom. The molecule has 0 radical (unpaired) electrons. The van der Waals surface area contributed by atoms with Crippen LogP contribution in [0.4, 0.5) is 17.6 Å². The van der Waals surface area contributed by atoms with E-state index in [0.29, 0.717) is 6.61 Å². The van der Waals surface area contributed by atoms with Gasteiger partial charge in [0, 0.05) is 59.2 Å². The average Bonchev–Trinajstić information content (AvgIpc) is 1.72. The molecule has 0 saturated carbocycles. The van der Waals surface area contributed by atoms with Gasteiger partial charge in [0.1, 0.15) is 11.1 Å². The Labute approximate surface area is 540 Å². The summed E-state index contributed by atoms with van der Waals surface area (Å²) in [6.07, 6.45) is 5.23. The predicted octanol–water partition coefficient (Wildman–Crippen LogP) is 10.2. The van der Waals surface area contributed by atoms with Gasteiger partial charge in [-0.25, -0.2) is 31.9 Å². The number of aliphatic hydroxyl groups excluding tert-OH is 1. The first-order chi connectivity index (χ1) is 41.8. The van der Waals surface area contributed by atoms with E-state index in [9.17, 15) is 46.6 Å². The minimum Gasteiger partial charge on any atom is -0.481 e. The molecule has 1 aliphatic heterocycles. The van der Waals surface area contributed by atoms with Crippen LogP contribution in [0.1, 0.15) is 80.4 Å². The van der Waals surface area contributed by atoms with Gasteiger partial charge in [-0.1, -0.05) is 172 Å². The van der Waals surface area contributed by atoms with Crippen molar-refractivity contribution >= 4 is 84.3 Å². The number of aliphatic hydroxyl groups is 1. The van der Waals surface area contributed by atoms with E-state index in [1.807, 2.05) is 0 Å². The fourth-order valence-electron chi connectivity index (χ4n) is 7.81. The van der Waals surface area contributed by atoms with Crippen molar-refractivity contribution in [3.8, 4) is 0 Å². The average molecular weight is 1380 g/mol. The smallest absolute Gasteiger partial charge is 0.340 e. The number of esters is 3. The second-order valence-corrected chi connectivity index (χ2v) is 23.4. The number of carbonyl (C=O) groups excluding carboxylic acids is 5. The van der Waals surface area contributed by atoms with E-state index < -0.39 is 88.7 Å². The number of nitrogens with one attached hydrogen (secondary N) is 2. The first-order valence-electron chi connectivity index (χ1n) is 27.5. The van der Waals surface area contributed by atoms with Crippen LogP contribution in [0.3, 0.4) is 0 Å². The molecule has 2 unspecified atom stereocenters. The first-order valence-corrected chi connectivity index (χ1v) is 30.6. The molecule has 1 heterocycles. The number of carboxylic acid groups (broad SMARTS) is 2. The fourth-order valence-corrected chi connectivity index (χ4v) is 13.2. The molecule has 5 N–H and O–H groups in total. The monoisotopic (exact) mass is 1380 g/mol. The molecule has 90 heavy (non-hydrogen) atoms. The maximum absolute atomic E-state index is 13.9. The van der Waals surface area contributed by atoms with Crippen LogP contribution >= 0.6 is 15.8 Å². The Hall–Kier alpha value is -7.75. The van der Waals surface area contributed by atoms with Gasteiger partial charge in [0.15, 0.2) is 23.3 Å². The number of aliphatic carboxylic acids is 2. The maximum atomic E-state index is 13.9. The molecule has 1 fully saturated rings. The summed E-state index contributed by atoms with van der Waals surface area (Å²) in [5.41, 5.74) is -1.94.